The van der Waals surface area contributed by atoms with Gasteiger partial charge < -0.3 is 15.6 Å². The van der Waals surface area contributed by atoms with E-state index in [4.69, 9.17) is 15.6 Å². The number of ether oxygens (including phenoxy) is 1. The topological polar surface area (TPSA) is 85.4 Å². The van der Waals surface area contributed by atoms with Crippen LogP contribution in [0, 0.1) is 0 Å². The number of nitrogens with zero attached hydrogens (tertiary/aromatic N) is 1. The highest BCUT2D eigenvalue weighted by molar-refractivity contribution is 5.68. The van der Waals surface area contributed by atoms with Gasteiger partial charge in [-0.25, -0.2) is 4.98 Å². The van der Waals surface area contributed by atoms with Gasteiger partial charge in [0.25, 0.3) is 0 Å². The predicted octanol–water partition coefficient (Wildman–Crippen LogP) is 1.39. The first-order chi connectivity index (χ1) is 7.84. The van der Waals surface area contributed by atoms with Crippen molar-refractivity contribution >= 4 is 5.97 Å². The van der Waals surface area contributed by atoms with Gasteiger partial charge >= 0.3 is 5.97 Å². The molecule has 1 aromatic rings. The molecule has 94 valence electrons. The normalized spacial score (nSPS) is 13.2. The molecule has 1 atom stereocenters. The van der Waals surface area contributed by atoms with Gasteiger partial charge in [0.1, 0.15) is 0 Å². The highest BCUT2D eigenvalue weighted by atomic mass is 16.5. The molecule has 0 fully saturated rings. The molecule has 0 radical (unpaired) electrons. The van der Waals surface area contributed by atoms with Gasteiger partial charge in [-0.1, -0.05) is 6.07 Å². The molecule has 3 N–H and O–H groups in total. The number of hydrogen-bond donors (Lipinski definition) is 2. The van der Waals surface area contributed by atoms with Crippen LogP contribution in [-0.4, -0.2) is 28.7 Å². The molecule has 0 saturated carbocycles. The molecule has 0 aliphatic rings. The number of methoxy groups -OCH3 is 1. The van der Waals surface area contributed by atoms with E-state index in [1.54, 1.807) is 32.0 Å². The van der Waals surface area contributed by atoms with Gasteiger partial charge in [-0.3, -0.25) is 4.79 Å². The average molecular weight is 238 g/mol. The van der Waals surface area contributed by atoms with Gasteiger partial charge in [-0.15, -0.1) is 0 Å². The van der Waals surface area contributed by atoms with Crippen molar-refractivity contribution in [3.05, 3.63) is 23.9 Å². The van der Waals surface area contributed by atoms with E-state index >= 15 is 0 Å². The number of aliphatic carboxylic acids is 1. The van der Waals surface area contributed by atoms with E-state index in [1.165, 1.54) is 7.11 Å². The summed E-state index contributed by atoms with van der Waals surface area (Å²) in [6.45, 7) is 3.59. The van der Waals surface area contributed by atoms with Crippen LogP contribution >= 0.6 is 0 Å². The molecule has 0 aliphatic heterocycles. The number of carboxylic acid groups (broad SMARTS) is 1. The van der Waals surface area contributed by atoms with E-state index in [2.05, 4.69) is 4.98 Å². The van der Waals surface area contributed by atoms with E-state index in [0.29, 0.717) is 11.6 Å². The van der Waals surface area contributed by atoms with Crippen LogP contribution in [0.3, 0.4) is 0 Å². The molecule has 0 spiro atoms. The Morgan fingerprint density at radius 3 is 2.71 bits per heavy atom. The maximum atomic E-state index is 10.9. The monoisotopic (exact) mass is 238 g/mol. The lowest BCUT2D eigenvalue weighted by molar-refractivity contribution is -0.137. The zero-order chi connectivity index (χ0) is 13.1. The van der Waals surface area contributed by atoms with E-state index in [1.807, 2.05) is 0 Å². The fraction of sp³-hybridized carbons (Fsp3) is 0.500. The third-order valence-electron chi connectivity index (χ3n) is 2.59. The fourth-order valence-corrected chi connectivity index (χ4v) is 1.66. The standard InChI is InChI=1S/C12H18N2O3/c1-12(2,13)8(7-11(15)16)9-5-4-6-10(14-9)17-3/h4-6,8H,7,13H2,1-3H3,(H,15,16). The molecule has 1 unspecified atom stereocenters. The largest absolute Gasteiger partial charge is 0.481 e. The second-order valence-corrected chi connectivity index (χ2v) is 4.58. The summed E-state index contributed by atoms with van der Waals surface area (Å²) < 4.78 is 5.02. The lowest BCUT2D eigenvalue weighted by Gasteiger charge is -2.29. The number of hydrogen-bond acceptors (Lipinski definition) is 4. The van der Waals surface area contributed by atoms with E-state index < -0.39 is 11.5 Å². The Kier molecular flexibility index (Phi) is 4.07. The second kappa shape index (κ2) is 5.14. The van der Waals surface area contributed by atoms with Gasteiger partial charge in [-0.05, 0) is 19.9 Å². The summed E-state index contributed by atoms with van der Waals surface area (Å²) in [5.41, 5.74) is 5.99. The minimum atomic E-state index is -0.891. The molecular formula is C12H18N2O3. The smallest absolute Gasteiger partial charge is 0.304 e. The van der Waals surface area contributed by atoms with Crippen LogP contribution in [-0.2, 0) is 4.79 Å². The number of aromatic nitrogens is 1. The number of nitrogens with two attached hydrogens (primary N) is 1. The fourth-order valence-electron chi connectivity index (χ4n) is 1.66. The molecule has 0 aliphatic carbocycles. The van der Waals surface area contributed by atoms with Crippen LogP contribution in [0.25, 0.3) is 0 Å². The summed E-state index contributed by atoms with van der Waals surface area (Å²) in [5.74, 6) is -0.782. The SMILES string of the molecule is COc1cccc(C(CC(=O)O)C(C)(C)N)n1. The zero-order valence-corrected chi connectivity index (χ0v) is 10.3. The van der Waals surface area contributed by atoms with Crippen LogP contribution in [0.2, 0.25) is 0 Å². The van der Waals surface area contributed by atoms with E-state index in [-0.39, 0.29) is 12.3 Å². The molecular weight excluding hydrogens is 220 g/mol. The molecule has 5 heteroatoms. The van der Waals surface area contributed by atoms with E-state index in [0.717, 1.165) is 0 Å². The Balaban J connectivity index is 3.08. The van der Waals surface area contributed by atoms with Crippen LogP contribution in [0.1, 0.15) is 31.9 Å². The molecule has 0 bridgehead atoms. The third kappa shape index (κ3) is 3.71. The molecule has 0 aromatic carbocycles. The number of carboxylic acids is 1. The number of rotatable bonds is 5. The van der Waals surface area contributed by atoms with Gasteiger partial charge in [0.2, 0.25) is 5.88 Å². The Labute approximate surface area is 101 Å². The lowest BCUT2D eigenvalue weighted by atomic mass is 9.83. The Bertz CT molecular complexity index is 399. The molecule has 0 amide bonds. The number of carbonyl (C=O) groups is 1. The molecule has 1 aromatic heterocycles. The summed E-state index contributed by atoms with van der Waals surface area (Å²) in [6.07, 6.45) is -0.0519. The summed E-state index contributed by atoms with van der Waals surface area (Å²) >= 11 is 0. The van der Waals surface area contributed by atoms with Crippen molar-refractivity contribution in [1.82, 2.24) is 4.98 Å². The van der Waals surface area contributed by atoms with Crippen molar-refractivity contribution in [3.63, 3.8) is 0 Å². The van der Waals surface area contributed by atoms with Crippen molar-refractivity contribution in [3.8, 4) is 5.88 Å². The summed E-state index contributed by atoms with van der Waals surface area (Å²) in [4.78, 5) is 15.1. The van der Waals surface area contributed by atoms with Gasteiger partial charge in [0, 0.05) is 23.2 Å². The molecule has 1 rings (SSSR count). The van der Waals surface area contributed by atoms with E-state index in [9.17, 15) is 4.79 Å². The zero-order valence-electron chi connectivity index (χ0n) is 10.3. The van der Waals surface area contributed by atoms with Crippen molar-refractivity contribution in [2.45, 2.75) is 31.7 Å². The Morgan fingerprint density at radius 1 is 1.59 bits per heavy atom. The van der Waals surface area contributed by atoms with Crippen LogP contribution in [0.5, 0.6) is 5.88 Å². The van der Waals surface area contributed by atoms with Crippen LogP contribution in [0.4, 0.5) is 0 Å². The summed E-state index contributed by atoms with van der Waals surface area (Å²) in [5, 5.41) is 8.92. The molecule has 0 saturated heterocycles. The predicted molar refractivity (Wildman–Crippen MR) is 64.0 cm³/mol. The third-order valence-corrected chi connectivity index (χ3v) is 2.59. The van der Waals surface area contributed by atoms with Gasteiger partial charge in [0.15, 0.2) is 0 Å². The molecule has 5 nitrogen and oxygen atoms in total. The lowest BCUT2D eigenvalue weighted by Crippen LogP contribution is -2.40. The van der Waals surface area contributed by atoms with Crippen molar-refractivity contribution in [2.24, 2.45) is 5.73 Å². The second-order valence-electron chi connectivity index (χ2n) is 4.58. The summed E-state index contributed by atoms with van der Waals surface area (Å²) in [6, 6.07) is 5.26. The van der Waals surface area contributed by atoms with Gasteiger partial charge in [-0.2, -0.15) is 0 Å². The quantitative estimate of drug-likeness (QED) is 0.809. The first-order valence-corrected chi connectivity index (χ1v) is 5.36. The maximum absolute atomic E-state index is 10.9. The Morgan fingerprint density at radius 2 is 2.24 bits per heavy atom. The van der Waals surface area contributed by atoms with Crippen LogP contribution < -0.4 is 10.5 Å². The Hall–Kier alpha value is -1.62. The van der Waals surface area contributed by atoms with Crippen molar-refractivity contribution < 1.29 is 14.6 Å². The van der Waals surface area contributed by atoms with Gasteiger partial charge in [0.05, 0.1) is 13.5 Å². The highest BCUT2D eigenvalue weighted by Gasteiger charge is 2.30. The molecule has 17 heavy (non-hydrogen) atoms. The average Bonchev–Trinajstić information content (AvgIpc) is 2.24. The van der Waals surface area contributed by atoms with Crippen molar-refractivity contribution in [1.29, 1.82) is 0 Å². The first kappa shape index (κ1) is 13.4. The number of pyridine rings is 1. The molecule has 1 heterocycles. The summed E-state index contributed by atoms with van der Waals surface area (Å²) in [7, 11) is 1.52. The van der Waals surface area contributed by atoms with Crippen LogP contribution in [0.15, 0.2) is 18.2 Å². The minimum absolute atomic E-state index is 0.0519. The maximum Gasteiger partial charge on any atom is 0.304 e. The highest BCUT2D eigenvalue weighted by Crippen LogP contribution is 2.29. The first-order valence-electron chi connectivity index (χ1n) is 5.36. The minimum Gasteiger partial charge on any atom is -0.481 e. The van der Waals surface area contributed by atoms with Crippen molar-refractivity contribution in [2.75, 3.05) is 7.11 Å².